The van der Waals surface area contributed by atoms with Crippen molar-refractivity contribution >= 4 is 22.4 Å². The maximum absolute atomic E-state index is 5.81. The van der Waals surface area contributed by atoms with E-state index < -0.39 is 0 Å². The molecule has 0 unspecified atom stereocenters. The zero-order chi connectivity index (χ0) is 14.7. The van der Waals surface area contributed by atoms with Gasteiger partial charge in [0.15, 0.2) is 0 Å². The van der Waals surface area contributed by atoms with Gasteiger partial charge in [0.2, 0.25) is 0 Å². The largest absolute Gasteiger partial charge is 0.489 e. The maximum Gasteiger partial charge on any atom is 0.143 e. The van der Waals surface area contributed by atoms with Crippen molar-refractivity contribution in [3.63, 3.8) is 0 Å². The standard InChI is InChI=1S/C18H18N2O/c1-13(2)21-17-10-6-5-9-16(17)20-18-12-11-14-7-3-4-8-15(14)19-18/h3-13H,1-2H3,(H,19,20). The molecule has 0 atom stereocenters. The van der Waals surface area contributed by atoms with Gasteiger partial charge in [-0.2, -0.15) is 0 Å². The lowest BCUT2D eigenvalue weighted by atomic mass is 10.2. The molecule has 0 fully saturated rings. The molecule has 0 amide bonds. The maximum atomic E-state index is 5.81. The molecule has 3 rings (SSSR count). The fourth-order valence-corrected chi connectivity index (χ4v) is 2.20. The molecule has 3 aromatic rings. The van der Waals surface area contributed by atoms with Crippen LogP contribution in [0.4, 0.5) is 11.5 Å². The van der Waals surface area contributed by atoms with Gasteiger partial charge >= 0.3 is 0 Å². The zero-order valence-corrected chi connectivity index (χ0v) is 12.2. The molecule has 106 valence electrons. The number of aromatic nitrogens is 1. The number of hydrogen-bond acceptors (Lipinski definition) is 3. The minimum Gasteiger partial charge on any atom is -0.489 e. The quantitative estimate of drug-likeness (QED) is 0.746. The first kappa shape index (κ1) is 13.4. The van der Waals surface area contributed by atoms with Gasteiger partial charge in [-0.05, 0) is 44.2 Å². The second-order valence-electron chi connectivity index (χ2n) is 5.18. The Labute approximate surface area is 124 Å². The molecule has 0 spiro atoms. The van der Waals surface area contributed by atoms with E-state index in [1.807, 2.05) is 62.4 Å². The SMILES string of the molecule is CC(C)Oc1ccccc1Nc1ccc2ccccc2n1. The summed E-state index contributed by atoms with van der Waals surface area (Å²) in [4.78, 5) is 4.62. The highest BCUT2D eigenvalue weighted by Crippen LogP contribution is 2.28. The van der Waals surface area contributed by atoms with Gasteiger partial charge in [-0.3, -0.25) is 0 Å². The Hall–Kier alpha value is -2.55. The predicted octanol–water partition coefficient (Wildman–Crippen LogP) is 4.77. The minimum absolute atomic E-state index is 0.137. The van der Waals surface area contributed by atoms with Crippen LogP contribution in [0.15, 0.2) is 60.7 Å². The normalized spacial score (nSPS) is 10.8. The number of rotatable bonds is 4. The second-order valence-corrected chi connectivity index (χ2v) is 5.18. The smallest absolute Gasteiger partial charge is 0.143 e. The van der Waals surface area contributed by atoms with Crippen molar-refractivity contribution in [2.24, 2.45) is 0 Å². The molecule has 3 nitrogen and oxygen atoms in total. The summed E-state index contributed by atoms with van der Waals surface area (Å²) in [7, 11) is 0. The number of nitrogens with one attached hydrogen (secondary N) is 1. The number of para-hydroxylation sites is 3. The third-order valence-corrected chi connectivity index (χ3v) is 3.11. The van der Waals surface area contributed by atoms with E-state index in [1.165, 1.54) is 0 Å². The molecule has 1 N–H and O–H groups in total. The number of nitrogens with zero attached hydrogens (tertiary/aromatic N) is 1. The Balaban J connectivity index is 1.91. The minimum atomic E-state index is 0.137. The van der Waals surface area contributed by atoms with Gasteiger partial charge in [-0.1, -0.05) is 30.3 Å². The number of anilines is 2. The Morgan fingerprint density at radius 3 is 2.52 bits per heavy atom. The van der Waals surface area contributed by atoms with Gasteiger partial charge in [0.25, 0.3) is 0 Å². The summed E-state index contributed by atoms with van der Waals surface area (Å²) in [6.45, 7) is 4.04. The van der Waals surface area contributed by atoms with E-state index in [2.05, 4.69) is 22.4 Å². The Morgan fingerprint density at radius 1 is 0.905 bits per heavy atom. The van der Waals surface area contributed by atoms with E-state index in [0.29, 0.717) is 0 Å². The summed E-state index contributed by atoms with van der Waals surface area (Å²) in [6, 6.07) is 20.0. The monoisotopic (exact) mass is 278 g/mol. The Bertz CT molecular complexity index is 753. The third-order valence-electron chi connectivity index (χ3n) is 3.11. The molecule has 1 heterocycles. The number of hydrogen-bond donors (Lipinski definition) is 1. The molecule has 0 radical (unpaired) electrons. The van der Waals surface area contributed by atoms with Crippen LogP contribution < -0.4 is 10.1 Å². The summed E-state index contributed by atoms with van der Waals surface area (Å²) >= 11 is 0. The molecule has 1 aromatic heterocycles. The fourth-order valence-electron chi connectivity index (χ4n) is 2.20. The van der Waals surface area contributed by atoms with E-state index in [0.717, 1.165) is 28.2 Å². The lowest BCUT2D eigenvalue weighted by molar-refractivity contribution is 0.244. The molecule has 2 aromatic carbocycles. The summed E-state index contributed by atoms with van der Waals surface area (Å²) in [5, 5.41) is 4.47. The summed E-state index contributed by atoms with van der Waals surface area (Å²) in [5.41, 5.74) is 1.90. The van der Waals surface area contributed by atoms with Gasteiger partial charge in [-0.25, -0.2) is 4.98 Å². The number of fused-ring (bicyclic) bond motifs is 1. The lowest BCUT2D eigenvalue weighted by Gasteiger charge is -2.15. The van der Waals surface area contributed by atoms with Gasteiger partial charge in [0.05, 0.1) is 17.3 Å². The van der Waals surface area contributed by atoms with Crippen molar-refractivity contribution in [3.05, 3.63) is 60.7 Å². The van der Waals surface area contributed by atoms with Crippen LogP contribution in [-0.2, 0) is 0 Å². The van der Waals surface area contributed by atoms with Gasteiger partial charge in [0, 0.05) is 5.39 Å². The highest BCUT2D eigenvalue weighted by Gasteiger charge is 2.06. The first-order chi connectivity index (χ1) is 10.2. The van der Waals surface area contributed by atoms with Crippen molar-refractivity contribution in [1.29, 1.82) is 0 Å². The van der Waals surface area contributed by atoms with Crippen molar-refractivity contribution in [2.45, 2.75) is 20.0 Å². The summed E-state index contributed by atoms with van der Waals surface area (Å²) in [5.74, 6) is 1.65. The van der Waals surface area contributed by atoms with Crippen LogP contribution in [0.2, 0.25) is 0 Å². The van der Waals surface area contributed by atoms with Gasteiger partial charge in [0.1, 0.15) is 11.6 Å². The van der Waals surface area contributed by atoms with Gasteiger partial charge < -0.3 is 10.1 Å². The van der Waals surface area contributed by atoms with E-state index in [1.54, 1.807) is 0 Å². The molecule has 0 saturated heterocycles. The van der Waals surface area contributed by atoms with Crippen LogP contribution in [0.1, 0.15) is 13.8 Å². The molecule has 0 aliphatic heterocycles. The zero-order valence-electron chi connectivity index (χ0n) is 12.2. The average Bonchev–Trinajstić information content (AvgIpc) is 2.49. The second kappa shape index (κ2) is 5.83. The number of pyridine rings is 1. The Morgan fingerprint density at radius 2 is 1.67 bits per heavy atom. The Kier molecular flexibility index (Phi) is 3.73. The van der Waals surface area contributed by atoms with Crippen LogP contribution in [0.25, 0.3) is 10.9 Å². The van der Waals surface area contributed by atoms with Crippen LogP contribution in [0.5, 0.6) is 5.75 Å². The van der Waals surface area contributed by atoms with E-state index in [4.69, 9.17) is 4.74 Å². The van der Waals surface area contributed by atoms with E-state index >= 15 is 0 Å². The average molecular weight is 278 g/mol. The molecule has 0 saturated carbocycles. The number of ether oxygens (including phenoxy) is 1. The first-order valence-corrected chi connectivity index (χ1v) is 7.11. The van der Waals surface area contributed by atoms with Crippen LogP contribution in [0, 0.1) is 0 Å². The highest BCUT2D eigenvalue weighted by atomic mass is 16.5. The van der Waals surface area contributed by atoms with Crippen molar-refractivity contribution in [2.75, 3.05) is 5.32 Å². The first-order valence-electron chi connectivity index (χ1n) is 7.11. The third kappa shape index (κ3) is 3.14. The fraction of sp³-hybridized carbons (Fsp3) is 0.167. The van der Waals surface area contributed by atoms with Gasteiger partial charge in [-0.15, -0.1) is 0 Å². The molecular formula is C18H18N2O. The molecule has 0 bridgehead atoms. The summed E-state index contributed by atoms with van der Waals surface area (Å²) in [6.07, 6.45) is 0.137. The van der Waals surface area contributed by atoms with Crippen LogP contribution in [-0.4, -0.2) is 11.1 Å². The summed E-state index contributed by atoms with van der Waals surface area (Å²) < 4.78 is 5.81. The van der Waals surface area contributed by atoms with E-state index in [-0.39, 0.29) is 6.10 Å². The van der Waals surface area contributed by atoms with Crippen LogP contribution >= 0.6 is 0 Å². The number of benzene rings is 2. The predicted molar refractivity (Wildman–Crippen MR) is 87.2 cm³/mol. The van der Waals surface area contributed by atoms with Crippen molar-refractivity contribution in [1.82, 2.24) is 4.98 Å². The highest BCUT2D eigenvalue weighted by molar-refractivity contribution is 5.81. The lowest BCUT2D eigenvalue weighted by Crippen LogP contribution is -2.07. The molecule has 0 aliphatic rings. The molecule has 0 aliphatic carbocycles. The van der Waals surface area contributed by atoms with Crippen LogP contribution in [0.3, 0.4) is 0 Å². The molecular weight excluding hydrogens is 260 g/mol. The topological polar surface area (TPSA) is 34.1 Å². The van der Waals surface area contributed by atoms with E-state index in [9.17, 15) is 0 Å². The molecule has 21 heavy (non-hydrogen) atoms. The molecule has 3 heteroatoms. The van der Waals surface area contributed by atoms with Crippen molar-refractivity contribution in [3.8, 4) is 5.75 Å². The van der Waals surface area contributed by atoms with Crippen molar-refractivity contribution < 1.29 is 4.74 Å².